The van der Waals surface area contributed by atoms with Crippen LogP contribution in [0.2, 0.25) is 0 Å². The molecule has 1 amide bonds. The fourth-order valence-electron chi connectivity index (χ4n) is 2.48. The smallest absolute Gasteiger partial charge is 0.272 e. The zero-order chi connectivity index (χ0) is 15.0. The Balaban J connectivity index is 1.95. The quantitative estimate of drug-likeness (QED) is 0.706. The number of rotatable bonds is 2. The van der Waals surface area contributed by atoms with Crippen molar-refractivity contribution in [1.29, 1.82) is 0 Å². The van der Waals surface area contributed by atoms with E-state index < -0.39 is 0 Å². The van der Waals surface area contributed by atoms with E-state index in [-0.39, 0.29) is 11.7 Å². The third-order valence-corrected chi connectivity index (χ3v) is 3.64. The number of carbonyl (C=O) groups is 1. The maximum absolute atomic E-state index is 12.4. The molecule has 21 heavy (non-hydrogen) atoms. The van der Waals surface area contributed by atoms with E-state index in [1.54, 1.807) is 18.2 Å². The number of hydrogen-bond acceptors (Lipinski definition) is 2. The lowest BCUT2D eigenvalue weighted by Crippen LogP contribution is -2.16. The van der Waals surface area contributed by atoms with Gasteiger partial charge in [-0.25, -0.2) is 0 Å². The van der Waals surface area contributed by atoms with E-state index >= 15 is 0 Å². The Kier molecular flexibility index (Phi) is 3.14. The molecule has 0 aliphatic carbocycles. The van der Waals surface area contributed by atoms with Crippen LogP contribution in [0, 0.1) is 6.92 Å². The largest absolute Gasteiger partial charge is 0.508 e. The highest BCUT2D eigenvalue weighted by molar-refractivity contribution is 6.06. The number of nitrogens with zero attached hydrogens (tertiary/aromatic N) is 1. The first-order valence-electron chi connectivity index (χ1n) is 6.71. The standard InChI is InChI=1S/C17H16N2O2/c1-11-9-13(20)7-8-14(11)18-17(21)16-10-12-5-3-4-6-15(12)19(16)2/h3-10,20H,1-2H3,(H,18,21). The zero-order valence-electron chi connectivity index (χ0n) is 11.9. The van der Waals surface area contributed by atoms with Gasteiger partial charge in [0.2, 0.25) is 0 Å². The number of para-hydroxylation sites is 1. The summed E-state index contributed by atoms with van der Waals surface area (Å²) in [7, 11) is 1.88. The van der Waals surface area contributed by atoms with Gasteiger partial charge in [0.05, 0.1) is 0 Å². The molecule has 1 aromatic heterocycles. The second-order valence-electron chi connectivity index (χ2n) is 5.10. The molecule has 0 saturated heterocycles. The minimum absolute atomic E-state index is 0.164. The first-order chi connectivity index (χ1) is 10.1. The van der Waals surface area contributed by atoms with Crippen molar-refractivity contribution in [3.05, 3.63) is 59.8 Å². The number of phenolic OH excluding ortho intramolecular Hbond substituents is 1. The van der Waals surface area contributed by atoms with E-state index in [2.05, 4.69) is 5.32 Å². The highest BCUT2D eigenvalue weighted by Crippen LogP contribution is 2.23. The number of phenols is 1. The van der Waals surface area contributed by atoms with E-state index in [0.29, 0.717) is 11.4 Å². The average molecular weight is 280 g/mol. The number of hydrogen-bond donors (Lipinski definition) is 2. The molecule has 106 valence electrons. The van der Waals surface area contributed by atoms with Gasteiger partial charge < -0.3 is 15.0 Å². The lowest BCUT2D eigenvalue weighted by Gasteiger charge is -2.09. The summed E-state index contributed by atoms with van der Waals surface area (Å²) in [6, 6.07) is 14.6. The number of aromatic hydroxyl groups is 1. The summed E-state index contributed by atoms with van der Waals surface area (Å²) in [4.78, 5) is 12.4. The minimum Gasteiger partial charge on any atom is -0.508 e. The molecule has 0 aliphatic heterocycles. The van der Waals surface area contributed by atoms with Crippen LogP contribution in [0.15, 0.2) is 48.5 Å². The van der Waals surface area contributed by atoms with Crippen molar-refractivity contribution in [1.82, 2.24) is 4.57 Å². The molecular weight excluding hydrogens is 264 g/mol. The summed E-state index contributed by atoms with van der Waals surface area (Å²) >= 11 is 0. The van der Waals surface area contributed by atoms with Crippen LogP contribution in [-0.2, 0) is 7.05 Å². The molecule has 4 nitrogen and oxygen atoms in total. The maximum Gasteiger partial charge on any atom is 0.272 e. The third kappa shape index (κ3) is 2.36. The lowest BCUT2D eigenvalue weighted by molar-refractivity contribution is 0.101. The summed E-state index contributed by atoms with van der Waals surface area (Å²) in [5.74, 6) is 0.0255. The fourth-order valence-corrected chi connectivity index (χ4v) is 2.48. The molecule has 0 atom stereocenters. The normalized spacial score (nSPS) is 10.8. The van der Waals surface area contributed by atoms with Crippen molar-refractivity contribution in [2.45, 2.75) is 6.92 Å². The summed E-state index contributed by atoms with van der Waals surface area (Å²) < 4.78 is 1.88. The number of nitrogens with one attached hydrogen (secondary N) is 1. The second-order valence-corrected chi connectivity index (χ2v) is 5.10. The van der Waals surface area contributed by atoms with Crippen LogP contribution in [0.25, 0.3) is 10.9 Å². The Labute approximate surface area is 122 Å². The lowest BCUT2D eigenvalue weighted by atomic mass is 10.2. The summed E-state index contributed by atoms with van der Waals surface area (Å²) in [5, 5.41) is 13.3. The molecule has 3 rings (SSSR count). The van der Waals surface area contributed by atoms with Crippen molar-refractivity contribution in [2.75, 3.05) is 5.32 Å². The van der Waals surface area contributed by atoms with Crippen LogP contribution < -0.4 is 5.32 Å². The van der Waals surface area contributed by atoms with Crippen LogP contribution >= 0.6 is 0 Å². The van der Waals surface area contributed by atoms with Crippen LogP contribution in [0.1, 0.15) is 16.1 Å². The van der Waals surface area contributed by atoms with Crippen molar-refractivity contribution in [3.63, 3.8) is 0 Å². The Morgan fingerprint density at radius 3 is 2.62 bits per heavy atom. The number of amides is 1. The van der Waals surface area contributed by atoms with E-state index in [1.165, 1.54) is 0 Å². The summed E-state index contributed by atoms with van der Waals surface area (Å²) in [6.07, 6.45) is 0. The minimum atomic E-state index is -0.164. The van der Waals surface area contributed by atoms with Crippen molar-refractivity contribution >= 4 is 22.5 Å². The van der Waals surface area contributed by atoms with Crippen LogP contribution in [0.5, 0.6) is 5.75 Å². The van der Waals surface area contributed by atoms with Gasteiger partial charge in [0, 0.05) is 23.6 Å². The number of anilines is 1. The number of fused-ring (bicyclic) bond motifs is 1. The van der Waals surface area contributed by atoms with Gasteiger partial charge in [-0.15, -0.1) is 0 Å². The molecule has 4 heteroatoms. The molecule has 0 unspecified atom stereocenters. The monoisotopic (exact) mass is 280 g/mol. The molecule has 0 fully saturated rings. The van der Waals surface area contributed by atoms with Crippen molar-refractivity contribution in [2.24, 2.45) is 7.05 Å². The van der Waals surface area contributed by atoms with E-state index in [9.17, 15) is 9.90 Å². The number of aromatic nitrogens is 1. The molecule has 1 heterocycles. The molecule has 2 aromatic carbocycles. The van der Waals surface area contributed by atoms with Crippen LogP contribution in [-0.4, -0.2) is 15.6 Å². The highest BCUT2D eigenvalue weighted by atomic mass is 16.3. The predicted molar refractivity (Wildman–Crippen MR) is 83.7 cm³/mol. The first kappa shape index (κ1) is 13.2. The van der Waals surface area contributed by atoms with Crippen molar-refractivity contribution < 1.29 is 9.90 Å². The Bertz CT molecular complexity index is 834. The van der Waals surface area contributed by atoms with Crippen LogP contribution in [0.4, 0.5) is 5.69 Å². The molecule has 0 bridgehead atoms. The van der Waals surface area contributed by atoms with Crippen molar-refractivity contribution in [3.8, 4) is 5.75 Å². The van der Waals surface area contributed by atoms with Crippen LogP contribution in [0.3, 0.4) is 0 Å². The predicted octanol–water partition coefficient (Wildman–Crippen LogP) is 3.44. The van der Waals surface area contributed by atoms with E-state index in [4.69, 9.17) is 0 Å². The van der Waals surface area contributed by atoms with Gasteiger partial charge in [0.25, 0.3) is 5.91 Å². The van der Waals surface area contributed by atoms with Gasteiger partial charge in [0.1, 0.15) is 11.4 Å². The Morgan fingerprint density at radius 2 is 1.90 bits per heavy atom. The van der Waals surface area contributed by atoms with Gasteiger partial charge in [-0.05, 0) is 42.8 Å². The first-order valence-corrected chi connectivity index (χ1v) is 6.71. The molecule has 0 aliphatic rings. The topological polar surface area (TPSA) is 54.3 Å². The van der Waals surface area contributed by atoms with E-state index in [0.717, 1.165) is 16.5 Å². The highest BCUT2D eigenvalue weighted by Gasteiger charge is 2.14. The molecular formula is C17H16N2O2. The molecule has 0 radical (unpaired) electrons. The molecule has 0 saturated carbocycles. The molecule has 2 N–H and O–H groups in total. The average Bonchev–Trinajstić information content (AvgIpc) is 2.80. The van der Waals surface area contributed by atoms with Gasteiger partial charge >= 0.3 is 0 Å². The molecule has 0 spiro atoms. The van der Waals surface area contributed by atoms with Gasteiger partial charge in [-0.2, -0.15) is 0 Å². The summed E-state index contributed by atoms with van der Waals surface area (Å²) in [5.41, 5.74) is 3.14. The second kappa shape index (κ2) is 4.98. The number of aryl methyl sites for hydroxylation is 2. The fraction of sp³-hybridized carbons (Fsp3) is 0.118. The maximum atomic E-state index is 12.4. The zero-order valence-corrected chi connectivity index (χ0v) is 11.9. The van der Waals surface area contributed by atoms with Gasteiger partial charge in [-0.1, -0.05) is 18.2 Å². The van der Waals surface area contributed by atoms with Gasteiger partial charge in [0.15, 0.2) is 0 Å². The Morgan fingerprint density at radius 1 is 1.14 bits per heavy atom. The number of carbonyl (C=O) groups excluding carboxylic acids is 1. The van der Waals surface area contributed by atoms with E-state index in [1.807, 2.05) is 48.9 Å². The molecule has 3 aromatic rings. The summed E-state index contributed by atoms with van der Waals surface area (Å²) in [6.45, 7) is 1.84. The van der Waals surface area contributed by atoms with Gasteiger partial charge in [-0.3, -0.25) is 4.79 Å². The third-order valence-electron chi connectivity index (χ3n) is 3.64. The number of benzene rings is 2. The Hall–Kier alpha value is -2.75. The SMILES string of the molecule is Cc1cc(O)ccc1NC(=O)c1cc2ccccc2n1C.